The quantitative estimate of drug-likeness (QED) is 0.123. The molecule has 2 aromatic carbocycles. The first-order valence-electron chi connectivity index (χ1n) is 10.9. The van der Waals surface area contributed by atoms with Crippen LogP contribution in [0.3, 0.4) is 0 Å². The fourth-order valence-electron chi connectivity index (χ4n) is 3.82. The molecule has 1 heterocycles. The number of halogens is 5. The van der Waals surface area contributed by atoms with Crippen molar-refractivity contribution in [3.05, 3.63) is 69.1 Å². The van der Waals surface area contributed by atoms with Crippen LogP contribution in [0.15, 0.2) is 38.4 Å². The summed E-state index contributed by atoms with van der Waals surface area (Å²) in [6.45, 7) is 2.03. The van der Waals surface area contributed by atoms with Crippen LogP contribution < -0.4 is 10.7 Å². The number of carboxylic acids is 1. The molecule has 0 radical (unpaired) electrons. The molecule has 0 spiro atoms. The number of carboxylic acid groups (broad SMARTS) is 1. The van der Waals surface area contributed by atoms with E-state index in [1.807, 2.05) is 0 Å². The van der Waals surface area contributed by atoms with Crippen molar-refractivity contribution in [2.24, 2.45) is 0 Å². The summed E-state index contributed by atoms with van der Waals surface area (Å²) in [5.74, 6) is -12.9. The van der Waals surface area contributed by atoms with E-state index in [2.05, 4.69) is 5.32 Å². The first-order valence-corrected chi connectivity index (χ1v) is 11.9. The SMILES string of the molecule is CCCNC(=O)CSc1c(F)c(F)c(C(=O)O)c(-c2c3cc(F)c(=O)cc-3oc3cc(O)c(F)cc23)c1F. The topological polar surface area (TPSA) is 117 Å². The lowest BCUT2D eigenvalue weighted by Crippen LogP contribution is -2.25. The number of phenols is 1. The van der Waals surface area contributed by atoms with Crippen molar-refractivity contribution in [1.82, 2.24) is 5.32 Å². The molecule has 0 unspecified atom stereocenters. The summed E-state index contributed by atoms with van der Waals surface area (Å²) in [6.07, 6.45) is 0.568. The average molecular weight is 553 g/mol. The zero-order chi connectivity index (χ0) is 27.9. The third-order valence-corrected chi connectivity index (χ3v) is 6.56. The van der Waals surface area contributed by atoms with E-state index in [4.69, 9.17) is 4.42 Å². The van der Waals surface area contributed by atoms with Crippen molar-refractivity contribution < 1.29 is 46.2 Å². The molecule has 2 aliphatic rings. The van der Waals surface area contributed by atoms with E-state index >= 15 is 8.78 Å². The van der Waals surface area contributed by atoms with Crippen molar-refractivity contribution in [2.45, 2.75) is 18.2 Å². The third kappa shape index (κ3) is 4.64. The number of phenolic OH excluding ortho intramolecular Hbond substituents is 1. The van der Waals surface area contributed by atoms with Gasteiger partial charge in [0.15, 0.2) is 29.0 Å². The van der Waals surface area contributed by atoms with Crippen molar-refractivity contribution in [1.29, 1.82) is 0 Å². The van der Waals surface area contributed by atoms with Gasteiger partial charge in [-0.25, -0.2) is 26.7 Å². The summed E-state index contributed by atoms with van der Waals surface area (Å²) in [4.78, 5) is 34.8. The second-order valence-electron chi connectivity index (χ2n) is 8.02. The van der Waals surface area contributed by atoms with Crippen LogP contribution in [0.2, 0.25) is 0 Å². The van der Waals surface area contributed by atoms with E-state index in [1.165, 1.54) is 0 Å². The Balaban J connectivity index is 2.13. The summed E-state index contributed by atoms with van der Waals surface area (Å²) in [5.41, 5.74) is -5.31. The van der Waals surface area contributed by atoms with E-state index in [0.29, 0.717) is 24.6 Å². The summed E-state index contributed by atoms with van der Waals surface area (Å²) in [5, 5.41) is 21.5. The van der Waals surface area contributed by atoms with E-state index < -0.39 is 102 Å². The van der Waals surface area contributed by atoms with Crippen molar-refractivity contribution >= 4 is 34.6 Å². The van der Waals surface area contributed by atoms with Gasteiger partial charge in [0.05, 0.1) is 10.6 Å². The van der Waals surface area contributed by atoms with E-state index in [0.717, 1.165) is 6.07 Å². The predicted molar refractivity (Wildman–Crippen MR) is 127 cm³/mol. The van der Waals surface area contributed by atoms with E-state index in [-0.39, 0.29) is 18.3 Å². The van der Waals surface area contributed by atoms with Gasteiger partial charge in [0.2, 0.25) is 11.3 Å². The number of aromatic hydroxyl groups is 1. The van der Waals surface area contributed by atoms with Gasteiger partial charge in [0.25, 0.3) is 0 Å². The molecule has 0 fully saturated rings. The Morgan fingerprint density at radius 3 is 2.34 bits per heavy atom. The lowest BCUT2D eigenvalue weighted by atomic mass is 9.89. The van der Waals surface area contributed by atoms with Crippen molar-refractivity contribution in [3.8, 4) is 28.2 Å². The molecule has 0 saturated carbocycles. The number of benzene rings is 3. The number of thioether (sulfide) groups is 1. The first kappa shape index (κ1) is 26.9. The van der Waals surface area contributed by atoms with Crippen molar-refractivity contribution in [3.63, 3.8) is 0 Å². The molecule has 7 nitrogen and oxygen atoms in total. The molecule has 0 aromatic heterocycles. The lowest BCUT2D eigenvalue weighted by Gasteiger charge is -2.19. The fourth-order valence-corrected chi connectivity index (χ4v) is 4.65. The molecule has 1 aliphatic heterocycles. The number of amides is 1. The van der Waals surface area contributed by atoms with Crippen LogP contribution in [0.4, 0.5) is 22.0 Å². The Kier molecular flexibility index (Phi) is 7.31. The zero-order valence-corrected chi connectivity index (χ0v) is 20.1. The number of nitrogens with one attached hydrogen (secondary N) is 1. The standard InChI is InChI=1S/C25H16F5NO6S/c1-2-3-31-17(34)8-38-24-22(29)19(20(25(35)36)21(28)23(24)30)18-9-4-11(26)13(32)6-15(9)37-16-7-14(33)12(27)5-10(16)18/h4-7,32H,2-3,8H2,1H3,(H,31,34)(H,35,36). The average Bonchev–Trinajstić information content (AvgIpc) is 2.85. The van der Waals surface area contributed by atoms with Crippen LogP contribution in [-0.4, -0.2) is 34.4 Å². The van der Waals surface area contributed by atoms with Crippen molar-refractivity contribution in [2.75, 3.05) is 12.3 Å². The van der Waals surface area contributed by atoms with Crippen LogP contribution in [-0.2, 0) is 4.79 Å². The first-order chi connectivity index (χ1) is 18.0. The number of hydrogen-bond donors (Lipinski definition) is 3. The number of carbonyl (C=O) groups is 2. The minimum atomic E-state index is -2.12. The Morgan fingerprint density at radius 1 is 0.974 bits per heavy atom. The summed E-state index contributed by atoms with van der Waals surface area (Å²) in [7, 11) is 0. The van der Waals surface area contributed by atoms with E-state index in [9.17, 15) is 37.8 Å². The molecule has 0 saturated heterocycles. The molecule has 0 bridgehead atoms. The minimum absolute atomic E-state index is 0.241. The maximum absolute atomic E-state index is 16.0. The molecular weight excluding hydrogens is 537 g/mol. The Bertz CT molecular complexity index is 1650. The number of fused-ring (bicyclic) bond motifs is 2. The van der Waals surface area contributed by atoms with Crippen LogP contribution in [0.25, 0.3) is 33.4 Å². The molecule has 0 atom stereocenters. The predicted octanol–water partition coefficient (Wildman–Crippen LogP) is 5.28. The maximum Gasteiger partial charge on any atom is 0.339 e. The Morgan fingerprint density at radius 2 is 1.68 bits per heavy atom. The van der Waals surface area contributed by atoms with Gasteiger partial charge in [-0.3, -0.25) is 9.59 Å². The van der Waals surface area contributed by atoms with Crippen LogP contribution in [0, 0.1) is 29.1 Å². The lowest BCUT2D eigenvalue weighted by molar-refractivity contribution is -0.118. The van der Waals surface area contributed by atoms with Crippen LogP contribution >= 0.6 is 11.8 Å². The zero-order valence-electron chi connectivity index (χ0n) is 19.3. The maximum atomic E-state index is 16.0. The van der Waals surface area contributed by atoms with Gasteiger partial charge in [-0.05, 0) is 18.6 Å². The Hall–Kier alpha value is -4.13. The van der Waals surface area contributed by atoms with Gasteiger partial charge in [-0.1, -0.05) is 6.92 Å². The Labute approximate surface area is 214 Å². The number of aromatic carboxylic acids is 1. The highest BCUT2D eigenvalue weighted by molar-refractivity contribution is 8.00. The molecule has 13 heteroatoms. The summed E-state index contributed by atoms with van der Waals surface area (Å²) in [6, 6.07) is 2.52. The highest BCUT2D eigenvalue weighted by Gasteiger charge is 2.34. The normalized spacial score (nSPS) is 11.3. The fraction of sp³-hybridized carbons (Fsp3) is 0.160. The minimum Gasteiger partial charge on any atom is -0.505 e. The van der Waals surface area contributed by atoms with Gasteiger partial charge in [0.1, 0.15) is 22.7 Å². The second-order valence-corrected chi connectivity index (χ2v) is 9.01. The van der Waals surface area contributed by atoms with Gasteiger partial charge in [-0.15, -0.1) is 11.8 Å². The second kappa shape index (κ2) is 10.3. The molecular formula is C25H16F5NO6S. The molecule has 198 valence electrons. The van der Waals surface area contributed by atoms with Gasteiger partial charge >= 0.3 is 5.97 Å². The molecule has 1 amide bonds. The van der Waals surface area contributed by atoms with Gasteiger partial charge < -0.3 is 19.9 Å². The molecule has 2 aromatic rings. The number of hydrogen-bond acceptors (Lipinski definition) is 6. The van der Waals surface area contributed by atoms with Gasteiger partial charge in [-0.2, -0.15) is 0 Å². The van der Waals surface area contributed by atoms with Crippen LogP contribution in [0.1, 0.15) is 23.7 Å². The van der Waals surface area contributed by atoms with E-state index in [1.54, 1.807) is 6.92 Å². The molecule has 38 heavy (non-hydrogen) atoms. The molecule has 3 N–H and O–H groups in total. The largest absolute Gasteiger partial charge is 0.505 e. The number of rotatable bonds is 7. The summed E-state index contributed by atoms with van der Waals surface area (Å²) >= 11 is 0.241. The van der Waals surface area contributed by atoms with Crippen LogP contribution in [0.5, 0.6) is 5.75 Å². The summed E-state index contributed by atoms with van der Waals surface area (Å²) < 4.78 is 80.2. The third-order valence-electron chi connectivity index (χ3n) is 5.51. The molecule has 1 aliphatic carbocycles. The number of carbonyl (C=O) groups excluding carboxylic acids is 1. The van der Waals surface area contributed by atoms with Gasteiger partial charge in [0, 0.05) is 40.8 Å². The molecule has 4 rings (SSSR count). The highest BCUT2D eigenvalue weighted by atomic mass is 32.2. The monoisotopic (exact) mass is 553 g/mol. The smallest absolute Gasteiger partial charge is 0.339 e. The highest BCUT2D eigenvalue weighted by Crippen LogP contribution is 2.46.